The summed E-state index contributed by atoms with van der Waals surface area (Å²) in [4.78, 5) is 25.9. The van der Waals surface area contributed by atoms with E-state index in [0.717, 1.165) is 22.4 Å². The monoisotopic (exact) mass is 408 g/mol. The minimum absolute atomic E-state index is 0.286. The number of aromatic nitrogens is 2. The van der Waals surface area contributed by atoms with E-state index in [1.807, 2.05) is 44.2 Å². The number of halogens is 1. The maximum atomic E-state index is 13.0. The molecule has 2 atom stereocenters. The van der Waals surface area contributed by atoms with Crippen LogP contribution < -0.4 is 10.6 Å². The standard InChI is InChI=1S/C22H21ClN4O2/c1-12-7-9-14(10-8-12)21(28)24-19-18(15-5-4-6-16(23)11-15)17-13(2)26-27(3)20(17)25-22(19)29/h4-11,18-19H,1-3H3,(H,24,28)(H,25,29). The Labute approximate surface area is 173 Å². The minimum Gasteiger partial charge on any atom is -0.339 e. The second kappa shape index (κ2) is 7.37. The zero-order valence-electron chi connectivity index (χ0n) is 16.4. The fraction of sp³-hybridized carbons (Fsp3) is 0.227. The van der Waals surface area contributed by atoms with Crippen LogP contribution in [0.2, 0.25) is 5.02 Å². The van der Waals surface area contributed by atoms with E-state index < -0.39 is 12.0 Å². The van der Waals surface area contributed by atoms with E-state index in [1.165, 1.54) is 0 Å². The van der Waals surface area contributed by atoms with Crippen molar-refractivity contribution >= 4 is 29.2 Å². The first-order valence-electron chi connectivity index (χ1n) is 9.32. The summed E-state index contributed by atoms with van der Waals surface area (Å²) >= 11 is 6.23. The molecule has 0 saturated carbocycles. The number of carbonyl (C=O) groups is 2. The maximum Gasteiger partial charge on any atom is 0.251 e. The molecule has 0 spiro atoms. The molecule has 0 fully saturated rings. The normalized spacial score (nSPS) is 18.1. The quantitative estimate of drug-likeness (QED) is 0.695. The minimum atomic E-state index is -0.794. The molecule has 2 N–H and O–H groups in total. The first kappa shape index (κ1) is 19.2. The van der Waals surface area contributed by atoms with E-state index in [2.05, 4.69) is 15.7 Å². The topological polar surface area (TPSA) is 76.0 Å². The predicted octanol–water partition coefficient (Wildman–Crippen LogP) is 3.57. The summed E-state index contributed by atoms with van der Waals surface area (Å²) in [5.74, 6) is -0.355. The Morgan fingerprint density at radius 1 is 1.17 bits per heavy atom. The van der Waals surface area contributed by atoms with Crippen LogP contribution in [-0.4, -0.2) is 27.6 Å². The Morgan fingerprint density at radius 3 is 2.59 bits per heavy atom. The van der Waals surface area contributed by atoms with Gasteiger partial charge in [-0.25, -0.2) is 0 Å². The summed E-state index contributed by atoms with van der Waals surface area (Å²) in [6.07, 6.45) is 0. The van der Waals surface area contributed by atoms with Gasteiger partial charge in [-0.1, -0.05) is 41.4 Å². The third-order valence-electron chi connectivity index (χ3n) is 5.25. The van der Waals surface area contributed by atoms with Gasteiger partial charge in [0.2, 0.25) is 5.91 Å². The molecule has 1 aliphatic rings. The number of rotatable bonds is 3. The summed E-state index contributed by atoms with van der Waals surface area (Å²) in [6, 6.07) is 13.8. The van der Waals surface area contributed by atoms with Crippen molar-refractivity contribution in [3.8, 4) is 0 Å². The predicted molar refractivity (Wildman–Crippen MR) is 112 cm³/mol. The average Bonchev–Trinajstić information content (AvgIpc) is 2.96. The van der Waals surface area contributed by atoms with Crippen molar-refractivity contribution in [3.05, 3.63) is 81.5 Å². The number of benzene rings is 2. The lowest BCUT2D eigenvalue weighted by Crippen LogP contribution is -2.50. The van der Waals surface area contributed by atoms with Gasteiger partial charge in [-0.05, 0) is 43.7 Å². The molecule has 29 heavy (non-hydrogen) atoms. The molecule has 3 aromatic rings. The number of hydrogen-bond acceptors (Lipinski definition) is 3. The first-order valence-corrected chi connectivity index (χ1v) is 9.70. The fourth-order valence-electron chi connectivity index (χ4n) is 3.85. The SMILES string of the molecule is Cc1ccc(C(=O)NC2C(=O)Nc3c(c(C)nn3C)C2c2cccc(Cl)c2)cc1. The van der Waals surface area contributed by atoms with E-state index in [4.69, 9.17) is 11.6 Å². The Hall–Kier alpha value is -3.12. The highest BCUT2D eigenvalue weighted by Crippen LogP contribution is 2.39. The van der Waals surface area contributed by atoms with Crippen LogP contribution >= 0.6 is 11.6 Å². The molecule has 0 bridgehead atoms. The van der Waals surface area contributed by atoms with Gasteiger partial charge in [0.25, 0.3) is 5.91 Å². The second-order valence-corrected chi connectivity index (χ2v) is 7.75. The van der Waals surface area contributed by atoms with Crippen molar-refractivity contribution in [1.82, 2.24) is 15.1 Å². The van der Waals surface area contributed by atoms with Crippen LogP contribution in [0.5, 0.6) is 0 Å². The van der Waals surface area contributed by atoms with Crippen LogP contribution in [0.3, 0.4) is 0 Å². The third-order valence-corrected chi connectivity index (χ3v) is 5.48. The number of nitrogens with one attached hydrogen (secondary N) is 2. The van der Waals surface area contributed by atoms with Crippen LogP contribution in [0, 0.1) is 13.8 Å². The highest BCUT2D eigenvalue weighted by Gasteiger charge is 2.41. The average molecular weight is 409 g/mol. The highest BCUT2D eigenvalue weighted by molar-refractivity contribution is 6.30. The number of hydrogen-bond donors (Lipinski definition) is 2. The van der Waals surface area contributed by atoms with E-state index in [0.29, 0.717) is 16.4 Å². The number of anilines is 1. The Balaban J connectivity index is 1.78. The molecule has 2 unspecified atom stereocenters. The number of nitrogens with zero attached hydrogens (tertiary/aromatic N) is 2. The molecule has 0 radical (unpaired) electrons. The zero-order valence-corrected chi connectivity index (χ0v) is 17.1. The molecule has 0 saturated heterocycles. The third kappa shape index (κ3) is 3.51. The van der Waals surface area contributed by atoms with Crippen LogP contribution in [0.25, 0.3) is 0 Å². The molecular formula is C22H21ClN4O2. The smallest absolute Gasteiger partial charge is 0.251 e. The van der Waals surface area contributed by atoms with Crippen molar-refractivity contribution in [2.75, 3.05) is 5.32 Å². The molecule has 1 aliphatic heterocycles. The summed E-state index contributed by atoms with van der Waals surface area (Å²) in [6.45, 7) is 3.85. The highest BCUT2D eigenvalue weighted by atomic mass is 35.5. The van der Waals surface area contributed by atoms with E-state index in [-0.39, 0.29) is 11.8 Å². The van der Waals surface area contributed by atoms with Gasteiger partial charge in [-0.15, -0.1) is 0 Å². The summed E-state index contributed by atoms with van der Waals surface area (Å²) in [5, 5.41) is 10.8. The number of carbonyl (C=O) groups excluding carboxylic acids is 2. The molecule has 1 aromatic heterocycles. The van der Waals surface area contributed by atoms with Gasteiger partial charge in [0, 0.05) is 29.1 Å². The van der Waals surface area contributed by atoms with Gasteiger partial charge >= 0.3 is 0 Å². The molecule has 2 heterocycles. The fourth-order valence-corrected chi connectivity index (χ4v) is 4.04. The Bertz CT molecular complexity index is 1100. The Kier molecular flexibility index (Phi) is 4.88. The van der Waals surface area contributed by atoms with Gasteiger partial charge in [0.15, 0.2) is 0 Å². The van der Waals surface area contributed by atoms with Crippen molar-refractivity contribution in [2.24, 2.45) is 7.05 Å². The van der Waals surface area contributed by atoms with Crippen LogP contribution in [-0.2, 0) is 11.8 Å². The first-order chi connectivity index (χ1) is 13.8. The van der Waals surface area contributed by atoms with Crippen molar-refractivity contribution < 1.29 is 9.59 Å². The lowest BCUT2D eigenvalue weighted by atomic mass is 9.82. The molecule has 2 aromatic carbocycles. The number of aryl methyl sites for hydroxylation is 3. The summed E-state index contributed by atoms with van der Waals surface area (Å²) < 4.78 is 1.65. The number of fused-ring (bicyclic) bond motifs is 1. The molecule has 2 amide bonds. The zero-order chi connectivity index (χ0) is 20.7. The van der Waals surface area contributed by atoms with Gasteiger partial charge < -0.3 is 10.6 Å². The summed E-state index contributed by atoms with van der Waals surface area (Å²) in [7, 11) is 1.78. The van der Waals surface area contributed by atoms with Crippen LogP contribution in [0.1, 0.15) is 38.7 Å². The van der Waals surface area contributed by atoms with Gasteiger partial charge in [-0.3, -0.25) is 14.3 Å². The van der Waals surface area contributed by atoms with Crippen LogP contribution in [0.15, 0.2) is 48.5 Å². The lowest BCUT2D eigenvalue weighted by Gasteiger charge is -2.32. The van der Waals surface area contributed by atoms with Gasteiger partial charge in [0.1, 0.15) is 11.9 Å². The largest absolute Gasteiger partial charge is 0.339 e. The molecule has 148 valence electrons. The Morgan fingerprint density at radius 2 is 1.90 bits per heavy atom. The van der Waals surface area contributed by atoms with E-state index in [9.17, 15) is 9.59 Å². The van der Waals surface area contributed by atoms with E-state index in [1.54, 1.807) is 29.9 Å². The maximum absolute atomic E-state index is 13.0. The van der Waals surface area contributed by atoms with Crippen molar-refractivity contribution in [3.63, 3.8) is 0 Å². The molecule has 7 heteroatoms. The van der Waals surface area contributed by atoms with Gasteiger partial charge in [0.05, 0.1) is 5.69 Å². The second-order valence-electron chi connectivity index (χ2n) is 7.31. The summed E-state index contributed by atoms with van der Waals surface area (Å²) in [5.41, 5.74) is 4.08. The van der Waals surface area contributed by atoms with Crippen molar-refractivity contribution in [2.45, 2.75) is 25.8 Å². The van der Waals surface area contributed by atoms with Gasteiger partial charge in [-0.2, -0.15) is 5.10 Å². The molecule has 6 nitrogen and oxygen atoms in total. The van der Waals surface area contributed by atoms with Crippen molar-refractivity contribution in [1.29, 1.82) is 0 Å². The molecule has 4 rings (SSSR count). The molecular weight excluding hydrogens is 388 g/mol. The number of amides is 2. The van der Waals surface area contributed by atoms with E-state index >= 15 is 0 Å². The molecule has 0 aliphatic carbocycles. The van der Waals surface area contributed by atoms with Crippen LogP contribution in [0.4, 0.5) is 5.82 Å². The lowest BCUT2D eigenvalue weighted by molar-refractivity contribution is -0.118.